The van der Waals surface area contributed by atoms with Gasteiger partial charge in [0.05, 0.1) is 42.1 Å². The Balaban J connectivity index is 5.50. The van der Waals surface area contributed by atoms with Crippen molar-refractivity contribution < 1.29 is 27.2 Å². The summed E-state index contributed by atoms with van der Waals surface area (Å²) < 4.78 is 49.2. The van der Waals surface area contributed by atoms with Gasteiger partial charge in [-0.3, -0.25) is 13.7 Å². The smallest absolute Gasteiger partial charge is 0.307 e. The highest BCUT2D eigenvalue weighted by atomic mass is 35.5. The zero-order valence-electron chi connectivity index (χ0n) is 18.4. The molecule has 30 heavy (non-hydrogen) atoms. The zero-order chi connectivity index (χ0) is 23.4. The Kier molecular flexibility index (Phi) is 16.9. The van der Waals surface area contributed by atoms with Gasteiger partial charge in [-0.25, -0.2) is 0 Å². The van der Waals surface area contributed by atoms with Crippen molar-refractivity contribution in [1.82, 2.24) is 0 Å². The van der Waals surface area contributed by atoms with E-state index in [9.17, 15) is 9.13 Å². The Morgan fingerprint density at radius 1 is 0.667 bits per heavy atom. The lowest BCUT2D eigenvalue weighted by Gasteiger charge is -2.29. The molecule has 0 bridgehead atoms. The van der Waals surface area contributed by atoms with Crippen LogP contribution in [0.15, 0.2) is 0 Å². The fourth-order valence-corrected chi connectivity index (χ4v) is 6.94. The monoisotopic (exact) mass is 550 g/mol. The molecule has 0 aliphatic rings. The molecular weight excluding hydrogens is 516 g/mol. The van der Waals surface area contributed by atoms with Crippen LogP contribution in [-0.2, 0) is 27.2 Å². The minimum absolute atomic E-state index is 0.0139. The molecule has 0 aromatic rings. The van der Waals surface area contributed by atoms with Gasteiger partial charge in [-0.1, -0.05) is 27.7 Å². The van der Waals surface area contributed by atoms with E-state index in [1.54, 1.807) is 0 Å². The molecular formula is C18H36Cl4O6P2. The molecule has 0 N–H and O–H groups in total. The average Bonchev–Trinajstić information content (AvgIpc) is 2.73. The summed E-state index contributed by atoms with van der Waals surface area (Å²) >= 11 is 24.5. The molecule has 0 rings (SSSR count). The van der Waals surface area contributed by atoms with E-state index in [1.165, 1.54) is 6.92 Å². The minimum atomic E-state index is -3.87. The maximum Gasteiger partial charge on any atom is 0.359 e. The zero-order valence-corrected chi connectivity index (χ0v) is 23.2. The summed E-state index contributed by atoms with van der Waals surface area (Å²) in [6.45, 7) is 8.95. The Bertz CT molecular complexity index is 539. The largest absolute Gasteiger partial charge is 0.359 e. The lowest BCUT2D eigenvalue weighted by molar-refractivity contribution is 0.137. The van der Waals surface area contributed by atoms with E-state index in [-0.39, 0.29) is 42.1 Å². The molecule has 0 saturated heterocycles. The maximum atomic E-state index is 13.5. The summed E-state index contributed by atoms with van der Waals surface area (Å²) in [5.41, 5.74) is 0. The van der Waals surface area contributed by atoms with Crippen LogP contribution < -0.4 is 0 Å². The molecule has 0 saturated carbocycles. The summed E-state index contributed by atoms with van der Waals surface area (Å²) in [6.07, 6.45) is 2.36. The first kappa shape index (κ1) is 31.5. The number of hydrogen-bond acceptors (Lipinski definition) is 6. The molecule has 0 unspecified atom stereocenters. The van der Waals surface area contributed by atoms with Crippen LogP contribution in [0.3, 0.4) is 0 Å². The van der Waals surface area contributed by atoms with Crippen molar-refractivity contribution in [2.45, 2.75) is 87.7 Å². The van der Waals surface area contributed by atoms with Gasteiger partial charge >= 0.3 is 15.2 Å². The normalized spacial score (nSPS) is 19.6. The van der Waals surface area contributed by atoms with Crippen LogP contribution in [0.5, 0.6) is 0 Å². The first-order chi connectivity index (χ1) is 13.9. The van der Waals surface area contributed by atoms with Crippen LogP contribution in [0.2, 0.25) is 0 Å². The minimum Gasteiger partial charge on any atom is -0.307 e. The topological polar surface area (TPSA) is 71.1 Å². The van der Waals surface area contributed by atoms with E-state index in [4.69, 9.17) is 64.5 Å². The van der Waals surface area contributed by atoms with Crippen LogP contribution in [0.25, 0.3) is 0 Å². The summed E-state index contributed by atoms with van der Waals surface area (Å²) in [7, 11) is -7.60. The second kappa shape index (κ2) is 16.1. The number of alkyl halides is 4. The summed E-state index contributed by atoms with van der Waals surface area (Å²) in [6, 6.07) is 0. The van der Waals surface area contributed by atoms with E-state index in [0.29, 0.717) is 25.7 Å². The molecule has 12 heteroatoms. The van der Waals surface area contributed by atoms with Crippen molar-refractivity contribution in [1.29, 1.82) is 0 Å². The van der Waals surface area contributed by atoms with Gasteiger partial charge in [-0.05, 0) is 32.6 Å². The van der Waals surface area contributed by atoms with E-state index in [0.717, 1.165) is 0 Å². The third-order valence-electron chi connectivity index (χ3n) is 4.27. The third-order valence-corrected chi connectivity index (χ3v) is 10.5. The molecule has 0 amide bonds. The quantitative estimate of drug-likeness (QED) is 0.127. The van der Waals surface area contributed by atoms with Crippen molar-refractivity contribution >= 4 is 61.6 Å². The Morgan fingerprint density at radius 3 is 1.40 bits per heavy atom. The predicted molar refractivity (Wildman–Crippen MR) is 128 cm³/mol. The molecule has 0 spiro atoms. The highest BCUT2D eigenvalue weighted by Gasteiger charge is 2.41. The van der Waals surface area contributed by atoms with Crippen molar-refractivity contribution in [2.75, 3.05) is 26.0 Å². The van der Waals surface area contributed by atoms with Gasteiger partial charge in [0, 0.05) is 5.38 Å². The fourth-order valence-electron chi connectivity index (χ4n) is 1.95. The number of hydrogen-bond donors (Lipinski definition) is 0. The SMILES string of the molecule is CC[C@@H](Cl)COP(=O)(OC[C@H](Cl)CC)[C@H](C)O[P@@](=O)(C[C@H](Cl)CC)OC[C@H](Cl)CC. The average molecular weight is 552 g/mol. The van der Waals surface area contributed by atoms with E-state index < -0.39 is 26.4 Å². The molecule has 0 aliphatic carbocycles. The molecule has 6 atom stereocenters. The first-order valence-electron chi connectivity index (χ1n) is 10.3. The van der Waals surface area contributed by atoms with Crippen LogP contribution >= 0.6 is 61.6 Å². The lowest BCUT2D eigenvalue weighted by Crippen LogP contribution is -2.21. The van der Waals surface area contributed by atoms with Crippen molar-refractivity contribution in [3.05, 3.63) is 0 Å². The van der Waals surface area contributed by atoms with E-state index in [2.05, 4.69) is 0 Å². The lowest BCUT2D eigenvalue weighted by atomic mass is 10.4. The molecule has 0 aliphatic heterocycles. The molecule has 6 nitrogen and oxygen atoms in total. The van der Waals surface area contributed by atoms with E-state index in [1.807, 2.05) is 27.7 Å². The van der Waals surface area contributed by atoms with Gasteiger partial charge in [0.15, 0.2) is 5.85 Å². The second-order valence-corrected chi connectivity index (χ2v) is 13.8. The molecule has 0 aromatic heterocycles. The molecule has 182 valence electrons. The fraction of sp³-hybridized carbons (Fsp3) is 1.00. The molecule has 0 fully saturated rings. The second-order valence-electron chi connectivity index (χ2n) is 6.95. The Labute approximate surface area is 202 Å². The summed E-state index contributed by atoms with van der Waals surface area (Å²) in [5, 5.41) is -1.50. The van der Waals surface area contributed by atoms with Gasteiger partial charge in [0.2, 0.25) is 0 Å². The molecule has 0 heterocycles. The van der Waals surface area contributed by atoms with Crippen LogP contribution in [0, 0.1) is 0 Å². The van der Waals surface area contributed by atoms with Gasteiger partial charge in [0.25, 0.3) is 0 Å². The van der Waals surface area contributed by atoms with Crippen molar-refractivity contribution in [3.8, 4) is 0 Å². The summed E-state index contributed by atoms with van der Waals surface area (Å²) in [4.78, 5) is 0. The highest BCUT2D eigenvalue weighted by Crippen LogP contribution is 2.61. The number of halogens is 4. The van der Waals surface area contributed by atoms with Gasteiger partial charge < -0.3 is 13.6 Å². The van der Waals surface area contributed by atoms with E-state index >= 15 is 0 Å². The summed E-state index contributed by atoms with van der Waals surface area (Å²) in [5.74, 6) is -1.18. The van der Waals surface area contributed by atoms with Gasteiger partial charge in [0.1, 0.15) is 0 Å². The van der Waals surface area contributed by atoms with Crippen LogP contribution in [0.4, 0.5) is 0 Å². The first-order valence-corrected chi connectivity index (χ1v) is 15.4. The number of rotatable bonds is 18. The Morgan fingerprint density at radius 2 is 1.03 bits per heavy atom. The molecule has 0 aromatic carbocycles. The van der Waals surface area contributed by atoms with Crippen LogP contribution in [0.1, 0.15) is 60.3 Å². The highest BCUT2D eigenvalue weighted by molar-refractivity contribution is 7.57. The van der Waals surface area contributed by atoms with Gasteiger partial charge in [-0.15, -0.1) is 46.4 Å². The predicted octanol–water partition coefficient (Wildman–Crippen LogP) is 7.85. The van der Waals surface area contributed by atoms with Gasteiger partial charge in [-0.2, -0.15) is 0 Å². The Hall–Kier alpha value is 1.46. The van der Waals surface area contributed by atoms with Crippen LogP contribution in [-0.4, -0.2) is 53.3 Å². The third kappa shape index (κ3) is 12.6. The maximum absolute atomic E-state index is 13.5. The standard InChI is InChI=1S/C18H36Cl4O6P2/c1-6-15(19)10-25-29(23,13-18(22)9-4)28-14(5)30(24,26-11-16(20)7-2)27-12-17(21)8-3/h14-18H,6-13H2,1-5H3/t14-,15-,16-,17-,18-,29-/m1/s1. The molecule has 0 radical (unpaired) electrons. The van der Waals surface area contributed by atoms with Crippen molar-refractivity contribution in [2.24, 2.45) is 0 Å². The van der Waals surface area contributed by atoms with Crippen molar-refractivity contribution in [3.63, 3.8) is 0 Å².